The van der Waals surface area contributed by atoms with Crippen LogP contribution in [0.3, 0.4) is 0 Å². The van der Waals surface area contributed by atoms with Gasteiger partial charge in [-0.15, -0.1) is 0 Å². The molecule has 3 aromatic rings. The molecule has 1 atom stereocenters. The van der Waals surface area contributed by atoms with Crippen LogP contribution in [0, 0.1) is 6.92 Å². The minimum Gasteiger partial charge on any atom is -0.464 e. The maximum atomic E-state index is 12.9. The molecular weight excluding hydrogens is 348 g/mol. The van der Waals surface area contributed by atoms with Gasteiger partial charge in [0.25, 0.3) is 5.56 Å². The highest BCUT2D eigenvalue weighted by molar-refractivity contribution is 5.79. The smallest absolute Gasteiger partial charge is 0.337 e. The van der Waals surface area contributed by atoms with E-state index in [1.165, 1.54) is 15.5 Å². The van der Waals surface area contributed by atoms with Gasteiger partial charge in [0.05, 0.1) is 18.6 Å². The maximum Gasteiger partial charge on any atom is 0.337 e. The second-order valence-corrected chi connectivity index (χ2v) is 6.26. The fourth-order valence-electron chi connectivity index (χ4n) is 3.10. The van der Waals surface area contributed by atoms with E-state index in [4.69, 9.17) is 4.74 Å². The van der Waals surface area contributed by atoms with E-state index >= 15 is 0 Å². The topological polar surface area (TPSA) is 88.1 Å². The van der Waals surface area contributed by atoms with E-state index in [1.807, 2.05) is 25.1 Å². The van der Waals surface area contributed by atoms with Gasteiger partial charge in [-0.2, -0.15) is 0 Å². The molecule has 3 rings (SSSR count). The monoisotopic (exact) mass is 370 g/mol. The molecule has 0 bridgehead atoms. The van der Waals surface area contributed by atoms with Crippen molar-refractivity contribution in [3.8, 4) is 5.69 Å². The average Bonchev–Trinajstić information content (AvgIpc) is 3.06. The first-order valence-corrected chi connectivity index (χ1v) is 8.86. The van der Waals surface area contributed by atoms with Gasteiger partial charge in [-0.05, 0) is 45.4 Å². The number of aryl methyl sites for hydroxylation is 1. The van der Waals surface area contributed by atoms with E-state index in [0.29, 0.717) is 5.69 Å². The van der Waals surface area contributed by atoms with Gasteiger partial charge in [-0.3, -0.25) is 9.36 Å². The highest BCUT2D eigenvalue weighted by atomic mass is 16.5. The SMILES string of the molecule is CCOC(=O)C(C)n1cnc2c1c(=O)n(CC)c(=O)n2-c1cccc(C)c1. The Hall–Kier alpha value is -3.16. The van der Waals surface area contributed by atoms with Gasteiger partial charge in [0.2, 0.25) is 0 Å². The van der Waals surface area contributed by atoms with Crippen LogP contribution in [-0.4, -0.2) is 31.3 Å². The molecule has 0 aliphatic rings. The summed E-state index contributed by atoms with van der Waals surface area (Å²) in [6, 6.07) is 6.65. The molecule has 0 aliphatic carbocycles. The Morgan fingerprint density at radius 2 is 2.00 bits per heavy atom. The first kappa shape index (κ1) is 18.6. The Morgan fingerprint density at radius 3 is 2.63 bits per heavy atom. The number of carbonyl (C=O) groups is 1. The van der Waals surface area contributed by atoms with Crippen molar-refractivity contribution in [1.82, 2.24) is 18.7 Å². The summed E-state index contributed by atoms with van der Waals surface area (Å²) in [4.78, 5) is 42.3. The van der Waals surface area contributed by atoms with Crippen LogP contribution < -0.4 is 11.2 Å². The molecule has 142 valence electrons. The van der Waals surface area contributed by atoms with Gasteiger partial charge in [0.15, 0.2) is 11.2 Å². The van der Waals surface area contributed by atoms with Crippen LogP contribution in [0.5, 0.6) is 0 Å². The number of aromatic nitrogens is 4. The molecule has 0 fully saturated rings. The van der Waals surface area contributed by atoms with E-state index in [2.05, 4.69) is 4.98 Å². The minimum absolute atomic E-state index is 0.193. The fourth-order valence-corrected chi connectivity index (χ4v) is 3.10. The quantitative estimate of drug-likeness (QED) is 0.639. The minimum atomic E-state index is -0.739. The zero-order chi connectivity index (χ0) is 19.7. The standard InChI is InChI=1S/C19H22N4O4/c1-5-21-17(24)15-16(20-11-22(15)13(4)18(25)27-6-2)23(19(21)26)14-9-7-8-12(3)10-14/h7-11,13H,5-6H2,1-4H3. The third kappa shape index (κ3) is 3.07. The molecule has 0 N–H and O–H groups in total. The van der Waals surface area contributed by atoms with Crippen molar-refractivity contribution in [3.05, 3.63) is 57.0 Å². The van der Waals surface area contributed by atoms with Crippen molar-refractivity contribution in [3.63, 3.8) is 0 Å². The normalized spacial score (nSPS) is 12.3. The summed E-state index contributed by atoms with van der Waals surface area (Å²) in [7, 11) is 0. The third-order valence-electron chi connectivity index (χ3n) is 4.48. The van der Waals surface area contributed by atoms with Crippen LogP contribution in [-0.2, 0) is 16.1 Å². The van der Waals surface area contributed by atoms with Crippen LogP contribution >= 0.6 is 0 Å². The Bertz CT molecular complexity index is 1120. The predicted molar refractivity (Wildman–Crippen MR) is 101 cm³/mol. The molecule has 0 amide bonds. The number of carbonyl (C=O) groups excluding carboxylic acids is 1. The Labute approximate surface area is 155 Å². The van der Waals surface area contributed by atoms with Crippen molar-refractivity contribution in [1.29, 1.82) is 0 Å². The lowest BCUT2D eigenvalue weighted by molar-refractivity contribution is -0.146. The Morgan fingerprint density at radius 1 is 1.26 bits per heavy atom. The van der Waals surface area contributed by atoms with Gasteiger partial charge >= 0.3 is 11.7 Å². The number of benzene rings is 1. The summed E-state index contributed by atoms with van der Waals surface area (Å²) >= 11 is 0. The molecule has 0 saturated heterocycles. The number of ether oxygens (including phenoxy) is 1. The number of esters is 1. The molecule has 1 unspecified atom stereocenters. The average molecular weight is 370 g/mol. The zero-order valence-electron chi connectivity index (χ0n) is 15.8. The van der Waals surface area contributed by atoms with Crippen LogP contribution in [0.2, 0.25) is 0 Å². The van der Waals surface area contributed by atoms with E-state index in [9.17, 15) is 14.4 Å². The van der Waals surface area contributed by atoms with Crippen LogP contribution in [0.1, 0.15) is 32.4 Å². The largest absolute Gasteiger partial charge is 0.464 e. The van der Waals surface area contributed by atoms with Crippen molar-refractivity contribution in [2.24, 2.45) is 0 Å². The van der Waals surface area contributed by atoms with Crippen LogP contribution in [0.15, 0.2) is 40.2 Å². The van der Waals surface area contributed by atoms with Gasteiger partial charge in [-0.1, -0.05) is 12.1 Å². The van der Waals surface area contributed by atoms with Crippen molar-refractivity contribution >= 4 is 17.1 Å². The van der Waals surface area contributed by atoms with Crippen molar-refractivity contribution in [2.45, 2.75) is 40.3 Å². The molecule has 2 heterocycles. The molecule has 1 aromatic carbocycles. The first-order valence-electron chi connectivity index (χ1n) is 8.86. The maximum absolute atomic E-state index is 12.9. The first-order chi connectivity index (χ1) is 12.9. The van der Waals surface area contributed by atoms with Gasteiger partial charge in [0.1, 0.15) is 6.04 Å². The van der Waals surface area contributed by atoms with Crippen molar-refractivity contribution < 1.29 is 9.53 Å². The van der Waals surface area contributed by atoms with Crippen molar-refractivity contribution in [2.75, 3.05) is 6.61 Å². The van der Waals surface area contributed by atoms with Crippen LogP contribution in [0.25, 0.3) is 16.9 Å². The van der Waals surface area contributed by atoms with E-state index in [1.54, 1.807) is 26.8 Å². The number of rotatable bonds is 5. The number of hydrogen-bond donors (Lipinski definition) is 0. The number of hydrogen-bond acceptors (Lipinski definition) is 5. The molecule has 0 spiro atoms. The summed E-state index contributed by atoms with van der Waals surface area (Å²) in [5.74, 6) is -0.465. The summed E-state index contributed by atoms with van der Waals surface area (Å²) < 4.78 is 9.07. The van der Waals surface area contributed by atoms with Gasteiger partial charge < -0.3 is 9.30 Å². The summed E-state index contributed by atoms with van der Waals surface area (Å²) in [6.07, 6.45) is 1.40. The zero-order valence-corrected chi connectivity index (χ0v) is 15.8. The lowest BCUT2D eigenvalue weighted by Gasteiger charge is -2.15. The third-order valence-corrected chi connectivity index (χ3v) is 4.48. The molecule has 0 aliphatic heterocycles. The highest BCUT2D eigenvalue weighted by Crippen LogP contribution is 2.18. The molecule has 2 aromatic heterocycles. The fraction of sp³-hybridized carbons (Fsp3) is 0.368. The van der Waals surface area contributed by atoms with E-state index < -0.39 is 23.3 Å². The molecule has 0 saturated carbocycles. The van der Waals surface area contributed by atoms with Gasteiger partial charge in [-0.25, -0.2) is 19.1 Å². The molecule has 0 radical (unpaired) electrons. The molecule has 8 heteroatoms. The Kier molecular flexibility index (Phi) is 4.98. The number of nitrogens with zero attached hydrogens (tertiary/aromatic N) is 4. The number of fused-ring (bicyclic) bond motifs is 1. The summed E-state index contributed by atoms with van der Waals surface area (Å²) in [6.45, 7) is 7.45. The second kappa shape index (κ2) is 7.22. The predicted octanol–water partition coefficient (Wildman–Crippen LogP) is 1.80. The van der Waals surface area contributed by atoms with E-state index in [-0.39, 0.29) is 24.3 Å². The number of imidazole rings is 1. The van der Waals surface area contributed by atoms with E-state index in [0.717, 1.165) is 10.1 Å². The lowest BCUT2D eigenvalue weighted by atomic mass is 10.2. The summed E-state index contributed by atoms with van der Waals surface area (Å²) in [5.41, 5.74) is 1.06. The highest BCUT2D eigenvalue weighted by Gasteiger charge is 2.24. The second-order valence-electron chi connectivity index (χ2n) is 6.26. The van der Waals surface area contributed by atoms with Gasteiger partial charge in [0, 0.05) is 6.54 Å². The molecule has 27 heavy (non-hydrogen) atoms. The van der Waals surface area contributed by atoms with Crippen LogP contribution in [0.4, 0.5) is 0 Å². The Balaban J connectivity index is 2.37. The molecule has 8 nitrogen and oxygen atoms in total. The summed E-state index contributed by atoms with van der Waals surface area (Å²) in [5, 5.41) is 0. The lowest BCUT2D eigenvalue weighted by Crippen LogP contribution is -2.40. The molecular formula is C19H22N4O4.